The van der Waals surface area contributed by atoms with Crippen LogP contribution in [0.2, 0.25) is 0 Å². The molecule has 0 heterocycles. The van der Waals surface area contributed by atoms with Crippen molar-refractivity contribution in [1.29, 1.82) is 0 Å². The summed E-state index contributed by atoms with van der Waals surface area (Å²) < 4.78 is 0. The zero-order valence-electron chi connectivity index (χ0n) is 12.7. The molecule has 2 rings (SSSR count). The van der Waals surface area contributed by atoms with Crippen LogP contribution in [0.1, 0.15) is 39.5 Å². The monoisotopic (exact) mass is 408 g/mol. The average molecular weight is 411 g/mol. The van der Waals surface area contributed by atoms with E-state index in [-0.39, 0.29) is 24.8 Å². The van der Waals surface area contributed by atoms with Gasteiger partial charge < -0.3 is 13.8 Å². The van der Waals surface area contributed by atoms with Crippen molar-refractivity contribution in [3.8, 4) is 0 Å². The van der Waals surface area contributed by atoms with E-state index in [4.69, 9.17) is 0 Å². The average Bonchev–Trinajstić information content (AvgIpc) is 3.12. The van der Waals surface area contributed by atoms with Gasteiger partial charge in [0.15, 0.2) is 0 Å². The third-order valence-electron chi connectivity index (χ3n) is 1.17. The molecule has 0 radical (unpaired) electrons. The van der Waals surface area contributed by atoms with Gasteiger partial charge in [-0.15, -0.1) is 37.7 Å². The molecular weight excluding hydrogens is 382 g/mol. The van der Waals surface area contributed by atoms with E-state index in [0.717, 1.165) is 25.7 Å². The standard InChI is InChI=1S/2C5H5.2C3H7.2ClH.H2Si.Zr/c2*1-2-4-5-3-1;2*1-3-2;;;;/h2*1-3H,4H2;2*1,3H2,2H3;2*1H;1H2;/q4*-1;;;;. The van der Waals surface area contributed by atoms with Crippen molar-refractivity contribution in [3.63, 3.8) is 0 Å². The van der Waals surface area contributed by atoms with Crippen molar-refractivity contribution < 1.29 is 23.3 Å². The predicted molar refractivity (Wildman–Crippen MR) is 97.5 cm³/mol. The first-order valence-electron chi connectivity index (χ1n) is 6.20. The third kappa shape index (κ3) is 51.2. The molecule has 2 aliphatic rings. The van der Waals surface area contributed by atoms with Gasteiger partial charge in [-0.05, 0) is 0 Å². The normalized spacial score (nSPS) is 10.8. The van der Waals surface area contributed by atoms with Crippen LogP contribution in [-0.4, -0.2) is 6.88 Å². The molecule has 0 aromatic rings. The van der Waals surface area contributed by atoms with E-state index in [2.05, 4.69) is 38.2 Å². The van der Waals surface area contributed by atoms with Gasteiger partial charge in [-0.1, -0.05) is 13.8 Å². The molecule has 0 amide bonds. The molecule has 4 heteroatoms. The minimum absolute atomic E-state index is 0. The van der Waals surface area contributed by atoms with Crippen molar-refractivity contribution in [3.05, 3.63) is 62.5 Å². The molecule has 2 aliphatic carbocycles. The van der Waals surface area contributed by atoms with E-state index in [0.29, 0.717) is 0 Å². The fourth-order valence-electron chi connectivity index (χ4n) is 0.680. The zero-order valence-corrected chi connectivity index (χ0v) is 18.2. The van der Waals surface area contributed by atoms with Gasteiger partial charge in [-0.25, -0.2) is 24.3 Å². The van der Waals surface area contributed by atoms with Gasteiger partial charge in [0.25, 0.3) is 0 Å². The Bertz CT molecular complexity index is 193. The summed E-state index contributed by atoms with van der Waals surface area (Å²) >= 11 is 1.58. The van der Waals surface area contributed by atoms with Crippen molar-refractivity contribution in [2.45, 2.75) is 39.5 Å². The fourth-order valence-corrected chi connectivity index (χ4v) is 0.680. The maximum absolute atomic E-state index is 3.49. The van der Waals surface area contributed by atoms with E-state index in [1.54, 1.807) is 23.3 Å². The number of hydrogen-bond acceptors (Lipinski definition) is 0. The summed E-state index contributed by atoms with van der Waals surface area (Å²) in [7, 11) is 0. The van der Waals surface area contributed by atoms with E-state index >= 15 is 0 Å². The molecule has 0 nitrogen and oxygen atoms in total. The van der Waals surface area contributed by atoms with Crippen LogP contribution in [0.25, 0.3) is 0 Å². The topological polar surface area (TPSA) is 0 Å². The summed E-state index contributed by atoms with van der Waals surface area (Å²) in [6.07, 6.45) is 22.0. The molecule has 0 aromatic heterocycles. The molecule has 0 fully saturated rings. The van der Waals surface area contributed by atoms with Gasteiger partial charge in [0.1, 0.15) is 0 Å². The second-order valence-corrected chi connectivity index (χ2v) is 3.01. The number of hydrogen-bond donors (Lipinski definition) is 0. The van der Waals surface area contributed by atoms with Gasteiger partial charge in [0, 0.05) is 0 Å². The zero-order chi connectivity index (χ0) is 14.5. The van der Waals surface area contributed by atoms with E-state index < -0.39 is 0 Å². The summed E-state index contributed by atoms with van der Waals surface area (Å²) in [4.78, 5) is 0. The van der Waals surface area contributed by atoms with Crippen LogP contribution >= 0.6 is 24.8 Å². The molecule has 0 unspecified atom stereocenters. The molecule has 0 bridgehead atoms. The van der Waals surface area contributed by atoms with E-state index in [9.17, 15) is 0 Å². The van der Waals surface area contributed by atoms with Crippen LogP contribution in [0, 0.1) is 26.0 Å². The van der Waals surface area contributed by atoms with Crippen LogP contribution in [0.15, 0.2) is 36.5 Å². The Kier molecular flexibility index (Phi) is 69.5. The summed E-state index contributed by atoms with van der Waals surface area (Å²) in [5, 5.41) is 0. The maximum atomic E-state index is 3.49. The first-order valence-corrected chi connectivity index (χ1v) is 12.1. The van der Waals surface area contributed by atoms with Crippen molar-refractivity contribution in [1.82, 2.24) is 0 Å². The Hall–Kier alpha value is 0.640. The Morgan fingerprint density at radius 3 is 1.20 bits per heavy atom. The third-order valence-corrected chi connectivity index (χ3v) is 1.17. The first kappa shape index (κ1) is 32.5. The van der Waals surface area contributed by atoms with Gasteiger partial charge in [0.05, 0.1) is 0 Å². The quantitative estimate of drug-likeness (QED) is 0.390. The van der Waals surface area contributed by atoms with Crippen LogP contribution in [-0.2, 0) is 23.3 Å². The van der Waals surface area contributed by atoms with Crippen LogP contribution in [0.4, 0.5) is 0 Å². The number of halogens is 2. The van der Waals surface area contributed by atoms with Crippen molar-refractivity contribution >= 4 is 31.7 Å². The molecule has 0 saturated carbocycles. The van der Waals surface area contributed by atoms with Crippen molar-refractivity contribution in [2.75, 3.05) is 0 Å². The Balaban J connectivity index is -0.0000000479. The van der Waals surface area contributed by atoms with Gasteiger partial charge in [0.2, 0.25) is 0 Å². The summed E-state index contributed by atoms with van der Waals surface area (Å²) in [5.74, 6) is 0. The van der Waals surface area contributed by atoms with E-state index in [1.165, 1.54) is 0 Å². The van der Waals surface area contributed by atoms with Gasteiger partial charge in [-0.2, -0.15) is 25.0 Å². The van der Waals surface area contributed by atoms with Gasteiger partial charge in [-0.3, -0.25) is 12.2 Å². The molecule has 0 atom stereocenters. The molecule has 0 aliphatic heterocycles. The number of allylic oxidation sites excluding steroid dienone is 8. The fraction of sp³-hybridized carbons (Fsp3) is 0.375. The van der Waals surface area contributed by atoms with Crippen LogP contribution in [0.3, 0.4) is 0 Å². The van der Waals surface area contributed by atoms with Gasteiger partial charge >= 0.3 is 30.2 Å². The predicted octanol–water partition coefficient (Wildman–Crippen LogP) is 5.00. The Labute approximate surface area is 156 Å². The summed E-state index contributed by atoms with van der Waals surface area (Å²) in [5.41, 5.74) is 0. The molecule has 118 valence electrons. The van der Waals surface area contributed by atoms with Crippen LogP contribution < -0.4 is 0 Å². The van der Waals surface area contributed by atoms with E-state index in [1.807, 2.05) is 45.0 Å². The summed E-state index contributed by atoms with van der Waals surface area (Å²) in [6.45, 7) is 13.0. The summed E-state index contributed by atoms with van der Waals surface area (Å²) in [6, 6.07) is 0. The molecule has 20 heavy (non-hydrogen) atoms. The minimum atomic E-state index is 0. The number of rotatable bonds is 0. The molecule has 0 N–H and O–H groups in total. The molecule has 0 saturated heterocycles. The Morgan fingerprint density at radius 1 is 0.900 bits per heavy atom. The second kappa shape index (κ2) is 42.7. The Morgan fingerprint density at radius 2 is 1.15 bits per heavy atom. The SMILES string of the molecule is Cl.Cl.[C-]1=CC=CC1.[C-]1=CC=CC1.[CH2-]CC.[CH2-]CC.[SiH2]=[Zr]. The molecule has 0 spiro atoms. The molecular formula is C16H28Cl2SiZr-4. The second-order valence-electron chi connectivity index (χ2n) is 3.01. The molecule has 0 aromatic carbocycles. The van der Waals surface area contributed by atoms with Crippen molar-refractivity contribution in [2.24, 2.45) is 0 Å². The van der Waals surface area contributed by atoms with Crippen LogP contribution in [0.5, 0.6) is 0 Å². The first-order chi connectivity index (χ1) is 8.83.